The monoisotopic (exact) mass is 248 g/mol. The molecule has 1 aromatic carbocycles. The average Bonchev–Trinajstić information content (AvgIpc) is 2.74. The van der Waals surface area contributed by atoms with Crippen molar-refractivity contribution in [2.75, 3.05) is 0 Å². The van der Waals surface area contributed by atoms with Gasteiger partial charge in [-0.2, -0.15) is 5.10 Å². The number of fused-ring (bicyclic) bond motifs is 1. The zero-order valence-electron chi connectivity index (χ0n) is 10.5. The van der Waals surface area contributed by atoms with E-state index in [1.807, 2.05) is 35.9 Å². The van der Waals surface area contributed by atoms with Crippen molar-refractivity contribution < 1.29 is 14.6 Å². The molecular weight excluding hydrogens is 232 g/mol. The summed E-state index contributed by atoms with van der Waals surface area (Å²) in [7, 11) is 0. The second-order valence-corrected chi connectivity index (χ2v) is 4.07. The minimum Gasteiger partial charge on any atom is -0.479 e. The van der Waals surface area contributed by atoms with Crippen molar-refractivity contribution in [1.29, 1.82) is 0 Å². The predicted octanol–water partition coefficient (Wildman–Crippen LogP) is 2.05. The van der Waals surface area contributed by atoms with Gasteiger partial charge in [0.25, 0.3) is 0 Å². The molecule has 1 heterocycles. The highest BCUT2D eigenvalue weighted by molar-refractivity contribution is 5.81. The topological polar surface area (TPSA) is 64.4 Å². The molecule has 0 aliphatic heterocycles. The van der Waals surface area contributed by atoms with Gasteiger partial charge in [-0.1, -0.05) is 18.2 Å². The van der Waals surface area contributed by atoms with Gasteiger partial charge >= 0.3 is 5.97 Å². The fourth-order valence-corrected chi connectivity index (χ4v) is 1.82. The summed E-state index contributed by atoms with van der Waals surface area (Å²) in [5, 5.41) is 14.2. The molecule has 0 aliphatic rings. The van der Waals surface area contributed by atoms with Crippen molar-refractivity contribution in [1.82, 2.24) is 9.78 Å². The number of benzene rings is 1. The number of para-hydroxylation sites is 1. The molecule has 0 radical (unpaired) electrons. The maximum absolute atomic E-state index is 10.7. The fraction of sp³-hybridized carbons (Fsp3) is 0.385. The number of carbonyl (C=O) groups is 1. The molecule has 1 N–H and O–H groups in total. The Bertz CT molecular complexity index is 562. The second-order valence-electron chi connectivity index (χ2n) is 4.07. The van der Waals surface area contributed by atoms with Crippen LogP contribution in [0.5, 0.6) is 0 Å². The summed E-state index contributed by atoms with van der Waals surface area (Å²) in [5.74, 6) is -0.964. The molecule has 0 unspecified atom stereocenters. The maximum Gasteiger partial charge on any atom is 0.332 e. The maximum atomic E-state index is 10.7. The van der Waals surface area contributed by atoms with Crippen LogP contribution >= 0.6 is 0 Å². The molecule has 5 nitrogen and oxygen atoms in total. The predicted molar refractivity (Wildman–Crippen MR) is 67.3 cm³/mol. The second kappa shape index (κ2) is 5.18. The Hall–Kier alpha value is -1.88. The molecule has 1 atom stereocenters. The number of nitrogens with zero attached hydrogens (tertiary/aromatic N) is 2. The Kier molecular flexibility index (Phi) is 3.62. The van der Waals surface area contributed by atoms with E-state index in [2.05, 4.69) is 5.10 Å². The van der Waals surface area contributed by atoms with E-state index in [9.17, 15) is 4.79 Å². The summed E-state index contributed by atoms with van der Waals surface area (Å²) in [5.41, 5.74) is 1.82. The molecule has 0 saturated heterocycles. The molecule has 0 amide bonds. The molecule has 0 aliphatic carbocycles. The van der Waals surface area contributed by atoms with Crippen molar-refractivity contribution in [3.05, 3.63) is 30.0 Å². The Morgan fingerprint density at radius 2 is 2.22 bits per heavy atom. The van der Waals surface area contributed by atoms with Gasteiger partial charge in [-0.25, -0.2) is 4.79 Å². The first-order valence-electron chi connectivity index (χ1n) is 5.92. The lowest BCUT2D eigenvalue weighted by Gasteiger charge is -2.06. The van der Waals surface area contributed by atoms with Gasteiger partial charge in [-0.3, -0.25) is 4.68 Å². The van der Waals surface area contributed by atoms with Gasteiger partial charge in [0.1, 0.15) is 0 Å². The number of hydrogen-bond donors (Lipinski definition) is 1. The smallest absolute Gasteiger partial charge is 0.332 e. The minimum atomic E-state index is -0.964. The molecule has 0 spiro atoms. The molecule has 5 heteroatoms. The number of aliphatic carboxylic acids is 1. The first-order chi connectivity index (χ1) is 8.63. The summed E-state index contributed by atoms with van der Waals surface area (Å²) in [4.78, 5) is 10.7. The van der Waals surface area contributed by atoms with E-state index in [0.717, 1.165) is 23.1 Å². The summed E-state index contributed by atoms with van der Waals surface area (Å²) >= 11 is 0. The van der Waals surface area contributed by atoms with Crippen LogP contribution in [0.3, 0.4) is 0 Å². The zero-order valence-corrected chi connectivity index (χ0v) is 10.5. The average molecular weight is 248 g/mol. The van der Waals surface area contributed by atoms with E-state index in [1.54, 1.807) is 0 Å². The van der Waals surface area contributed by atoms with Crippen molar-refractivity contribution in [2.24, 2.45) is 0 Å². The lowest BCUT2D eigenvalue weighted by atomic mass is 10.2. The van der Waals surface area contributed by atoms with Crippen molar-refractivity contribution >= 4 is 16.9 Å². The molecule has 0 bridgehead atoms. The van der Waals surface area contributed by atoms with Gasteiger partial charge in [0.05, 0.1) is 17.8 Å². The van der Waals surface area contributed by atoms with Crippen molar-refractivity contribution in [3.63, 3.8) is 0 Å². The number of hydrogen-bond acceptors (Lipinski definition) is 3. The summed E-state index contributed by atoms with van der Waals surface area (Å²) < 4.78 is 7.17. The quantitative estimate of drug-likeness (QED) is 0.879. The van der Waals surface area contributed by atoms with E-state index < -0.39 is 12.1 Å². The molecular formula is C13H16N2O3. The zero-order chi connectivity index (χ0) is 13.1. The highest BCUT2D eigenvalue weighted by Gasteiger charge is 2.14. The van der Waals surface area contributed by atoms with Crippen LogP contribution in [0.2, 0.25) is 0 Å². The Labute approximate surface area is 105 Å². The highest BCUT2D eigenvalue weighted by Crippen LogP contribution is 2.19. The van der Waals surface area contributed by atoms with E-state index in [-0.39, 0.29) is 6.61 Å². The number of aromatic nitrogens is 2. The van der Waals surface area contributed by atoms with Gasteiger partial charge < -0.3 is 9.84 Å². The minimum absolute atomic E-state index is 0.209. The highest BCUT2D eigenvalue weighted by atomic mass is 16.5. The van der Waals surface area contributed by atoms with Gasteiger partial charge in [-0.15, -0.1) is 0 Å². The van der Waals surface area contributed by atoms with Crippen molar-refractivity contribution in [3.8, 4) is 0 Å². The lowest BCUT2D eigenvalue weighted by molar-refractivity contribution is -0.149. The van der Waals surface area contributed by atoms with Crippen LogP contribution in [0, 0.1) is 0 Å². The van der Waals surface area contributed by atoms with Gasteiger partial charge in [0, 0.05) is 11.9 Å². The first kappa shape index (κ1) is 12.6. The van der Waals surface area contributed by atoms with E-state index >= 15 is 0 Å². The standard InChI is InChI=1S/C13H16N2O3/c1-3-15-12-7-5-4-6-10(12)11(14-15)8-18-9(2)13(16)17/h4-7,9H,3,8H2,1-2H3,(H,16,17)/t9-/m1/s1. The summed E-state index contributed by atoms with van der Waals surface area (Å²) in [6.07, 6.45) is -0.824. The largest absolute Gasteiger partial charge is 0.479 e. The van der Waals surface area contributed by atoms with E-state index in [4.69, 9.17) is 9.84 Å². The van der Waals surface area contributed by atoms with Gasteiger partial charge in [0.15, 0.2) is 6.10 Å². The number of aryl methyl sites for hydroxylation is 1. The third-order valence-corrected chi connectivity index (χ3v) is 2.85. The third kappa shape index (κ3) is 2.36. The normalized spacial score (nSPS) is 12.8. The van der Waals surface area contributed by atoms with E-state index in [1.165, 1.54) is 6.92 Å². The SMILES string of the molecule is CCn1nc(CO[C@H](C)C(=O)O)c2ccccc21. The van der Waals surface area contributed by atoms with Crippen LogP contribution in [0.1, 0.15) is 19.5 Å². The van der Waals surface area contributed by atoms with Crippen LogP contribution in [-0.4, -0.2) is 27.0 Å². The summed E-state index contributed by atoms with van der Waals surface area (Å²) in [6, 6.07) is 7.86. The van der Waals surface area contributed by atoms with Crippen LogP contribution < -0.4 is 0 Å². The molecule has 2 aromatic rings. The number of rotatable bonds is 5. The number of carboxylic acids is 1. The third-order valence-electron chi connectivity index (χ3n) is 2.85. The Balaban J connectivity index is 2.25. The molecule has 18 heavy (non-hydrogen) atoms. The van der Waals surface area contributed by atoms with E-state index in [0.29, 0.717) is 0 Å². The van der Waals surface area contributed by atoms with Crippen LogP contribution in [0.15, 0.2) is 24.3 Å². The summed E-state index contributed by atoms with van der Waals surface area (Å²) in [6.45, 7) is 4.52. The van der Waals surface area contributed by atoms with Gasteiger partial charge in [0.2, 0.25) is 0 Å². The number of ether oxygens (including phenoxy) is 1. The molecule has 96 valence electrons. The number of carboxylic acid groups (broad SMARTS) is 1. The molecule has 1 aromatic heterocycles. The Morgan fingerprint density at radius 3 is 2.89 bits per heavy atom. The fourth-order valence-electron chi connectivity index (χ4n) is 1.82. The van der Waals surface area contributed by atoms with Crippen molar-refractivity contribution in [2.45, 2.75) is 33.1 Å². The molecule has 2 rings (SSSR count). The lowest BCUT2D eigenvalue weighted by Crippen LogP contribution is -2.19. The van der Waals surface area contributed by atoms with Gasteiger partial charge in [-0.05, 0) is 19.9 Å². The van der Waals surface area contributed by atoms with Crippen LogP contribution in [0.25, 0.3) is 10.9 Å². The Morgan fingerprint density at radius 1 is 1.50 bits per heavy atom. The first-order valence-corrected chi connectivity index (χ1v) is 5.92. The van der Waals surface area contributed by atoms with Crippen LogP contribution in [-0.2, 0) is 22.7 Å². The molecule has 0 fully saturated rings. The molecule has 0 saturated carbocycles. The van der Waals surface area contributed by atoms with Crippen LogP contribution in [0.4, 0.5) is 0 Å².